The smallest absolute Gasteiger partial charge is 0.259 e. The van der Waals surface area contributed by atoms with Gasteiger partial charge < -0.3 is 0 Å². The second-order valence-electron chi connectivity index (χ2n) is 4.96. The van der Waals surface area contributed by atoms with Gasteiger partial charge in [-0.25, -0.2) is 12.4 Å². The molecule has 2 aromatic carbocycles. The molecule has 0 aliphatic heterocycles. The van der Waals surface area contributed by atoms with E-state index in [0.29, 0.717) is 16.5 Å². The lowest BCUT2D eigenvalue weighted by molar-refractivity contribution is -0.400. The maximum Gasteiger partial charge on any atom is 0.268 e. The Morgan fingerprint density at radius 1 is 1.12 bits per heavy atom. The maximum absolute atomic E-state index is 12.9. The van der Waals surface area contributed by atoms with Crippen LogP contribution in [-0.4, -0.2) is 17.3 Å². The molecule has 3 rings (SSSR count). The number of nitro groups is 1. The average Bonchev–Trinajstić information content (AvgIpc) is 2.92. The van der Waals surface area contributed by atoms with Gasteiger partial charge in [0.2, 0.25) is 6.20 Å². The van der Waals surface area contributed by atoms with Gasteiger partial charge in [0.25, 0.3) is 10.0 Å². The first-order valence-electron chi connectivity index (χ1n) is 6.82. The Balaban J connectivity index is 2.28. The number of nitrogens with zero attached hydrogens (tertiary/aromatic N) is 2. The van der Waals surface area contributed by atoms with E-state index >= 15 is 0 Å². The minimum Gasteiger partial charge on any atom is -0.259 e. The first kappa shape index (κ1) is 16.4. The summed E-state index contributed by atoms with van der Waals surface area (Å²) in [5.74, 6) is 0. The average molecular weight is 407 g/mol. The van der Waals surface area contributed by atoms with Crippen LogP contribution in [0.15, 0.2) is 70.3 Å². The van der Waals surface area contributed by atoms with E-state index in [2.05, 4.69) is 15.9 Å². The molecule has 122 valence electrons. The van der Waals surface area contributed by atoms with Crippen molar-refractivity contribution in [1.29, 1.82) is 0 Å². The molecule has 1 heterocycles. The van der Waals surface area contributed by atoms with Crippen molar-refractivity contribution in [3.63, 3.8) is 0 Å². The molecular weight excluding hydrogens is 396 g/mol. The Kier molecular flexibility index (Phi) is 4.25. The van der Waals surface area contributed by atoms with Crippen molar-refractivity contribution in [3.05, 3.63) is 81.1 Å². The van der Waals surface area contributed by atoms with Crippen molar-refractivity contribution in [2.75, 3.05) is 0 Å². The molecular formula is C16H11BrN2O4S. The fraction of sp³-hybridized carbons (Fsp3) is 0. The Hall–Kier alpha value is -2.45. The van der Waals surface area contributed by atoms with Gasteiger partial charge in [0.15, 0.2) is 0 Å². The highest BCUT2D eigenvalue weighted by Crippen LogP contribution is 2.29. The molecule has 0 aliphatic rings. The summed E-state index contributed by atoms with van der Waals surface area (Å²) in [5.41, 5.74) is 0.896. The molecule has 6 nitrogen and oxygen atoms in total. The van der Waals surface area contributed by atoms with Crippen LogP contribution >= 0.6 is 15.9 Å². The van der Waals surface area contributed by atoms with E-state index in [1.165, 1.54) is 24.4 Å². The highest BCUT2D eigenvalue weighted by Gasteiger charge is 2.20. The lowest BCUT2D eigenvalue weighted by Gasteiger charge is -2.07. The number of rotatable bonds is 4. The van der Waals surface area contributed by atoms with Gasteiger partial charge in [0.05, 0.1) is 15.3 Å². The summed E-state index contributed by atoms with van der Waals surface area (Å²) in [5, 5.41) is 11.2. The number of fused-ring (bicyclic) bond motifs is 1. The molecule has 0 radical (unpaired) electrons. The predicted molar refractivity (Wildman–Crippen MR) is 94.7 cm³/mol. The van der Waals surface area contributed by atoms with Crippen LogP contribution < -0.4 is 0 Å². The van der Waals surface area contributed by atoms with E-state index in [1.807, 2.05) is 0 Å². The molecule has 1 aromatic heterocycles. The number of aromatic nitrogens is 1. The lowest BCUT2D eigenvalue weighted by atomic mass is 10.2. The van der Waals surface area contributed by atoms with Crippen LogP contribution in [0.4, 0.5) is 0 Å². The zero-order valence-corrected chi connectivity index (χ0v) is 14.6. The summed E-state index contributed by atoms with van der Waals surface area (Å²) in [4.78, 5) is 10.1. The highest BCUT2D eigenvalue weighted by molar-refractivity contribution is 9.10. The molecule has 24 heavy (non-hydrogen) atoms. The second-order valence-corrected chi connectivity index (χ2v) is 7.69. The van der Waals surface area contributed by atoms with Gasteiger partial charge in [0.1, 0.15) is 0 Å². The summed E-state index contributed by atoms with van der Waals surface area (Å²) >= 11 is 3.33. The molecule has 0 saturated carbocycles. The standard InChI is InChI=1S/C16H11BrN2O4S/c17-13-6-7-16-15(10-13)12(8-9-19(20)21)11-18(16)24(22,23)14-4-2-1-3-5-14/h1-11H. The molecule has 8 heteroatoms. The number of benzene rings is 2. The Labute approximate surface area is 146 Å². The van der Waals surface area contributed by atoms with E-state index in [0.717, 1.165) is 14.6 Å². The molecule has 0 bridgehead atoms. The zero-order chi connectivity index (χ0) is 17.3. The van der Waals surface area contributed by atoms with Gasteiger partial charge in [-0.1, -0.05) is 34.1 Å². The largest absolute Gasteiger partial charge is 0.268 e. The van der Waals surface area contributed by atoms with Crippen molar-refractivity contribution in [2.45, 2.75) is 4.90 Å². The van der Waals surface area contributed by atoms with E-state index < -0.39 is 14.9 Å². The molecule has 0 N–H and O–H groups in total. The minimum atomic E-state index is -3.80. The normalized spacial score (nSPS) is 12.0. The fourth-order valence-electron chi connectivity index (χ4n) is 2.38. The SMILES string of the molecule is O=[N+]([O-])C=Cc1cn(S(=O)(=O)c2ccccc2)c2ccc(Br)cc12. The van der Waals surface area contributed by atoms with Crippen LogP contribution in [0.3, 0.4) is 0 Å². The van der Waals surface area contributed by atoms with Crippen molar-refractivity contribution >= 4 is 42.9 Å². The van der Waals surface area contributed by atoms with E-state index in [-0.39, 0.29) is 4.90 Å². The van der Waals surface area contributed by atoms with Gasteiger partial charge in [-0.05, 0) is 30.3 Å². The summed E-state index contributed by atoms with van der Waals surface area (Å²) in [7, 11) is -3.80. The van der Waals surface area contributed by atoms with Crippen molar-refractivity contribution in [1.82, 2.24) is 3.97 Å². The number of halogens is 1. The van der Waals surface area contributed by atoms with Crippen molar-refractivity contribution in [2.24, 2.45) is 0 Å². The van der Waals surface area contributed by atoms with Gasteiger partial charge in [-0.15, -0.1) is 0 Å². The third-order valence-electron chi connectivity index (χ3n) is 3.44. The van der Waals surface area contributed by atoms with Crippen LogP contribution in [0.2, 0.25) is 0 Å². The lowest BCUT2D eigenvalue weighted by Crippen LogP contribution is -2.11. The Bertz CT molecular complexity index is 1060. The monoisotopic (exact) mass is 406 g/mol. The van der Waals surface area contributed by atoms with Crippen molar-refractivity contribution in [3.8, 4) is 0 Å². The van der Waals surface area contributed by atoms with Crippen LogP contribution in [0.5, 0.6) is 0 Å². The highest BCUT2D eigenvalue weighted by atomic mass is 79.9. The summed E-state index contributed by atoms with van der Waals surface area (Å²) in [6.07, 6.45) is 3.46. The second kappa shape index (κ2) is 6.21. The third-order valence-corrected chi connectivity index (χ3v) is 5.62. The van der Waals surface area contributed by atoms with Crippen LogP contribution in [0.25, 0.3) is 17.0 Å². The Morgan fingerprint density at radius 2 is 1.83 bits per heavy atom. The molecule has 0 amide bonds. The summed E-state index contributed by atoms with van der Waals surface area (Å²) in [6, 6.07) is 13.1. The molecule has 3 aromatic rings. The molecule has 0 atom stereocenters. The first-order chi connectivity index (χ1) is 11.4. The van der Waals surface area contributed by atoms with E-state index in [4.69, 9.17) is 0 Å². The predicted octanol–water partition coefficient (Wildman–Crippen LogP) is 3.89. The topological polar surface area (TPSA) is 82.2 Å². The van der Waals surface area contributed by atoms with Gasteiger partial charge in [-0.3, -0.25) is 10.1 Å². The molecule has 0 saturated heterocycles. The van der Waals surface area contributed by atoms with E-state index in [1.54, 1.807) is 36.4 Å². The quantitative estimate of drug-likeness (QED) is 0.485. The summed E-state index contributed by atoms with van der Waals surface area (Å²) < 4.78 is 27.6. The molecule has 0 aliphatic carbocycles. The van der Waals surface area contributed by atoms with Gasteiger partial charge in [0, 0.05) is 27.7 Å². The fourth-order valence-corrected chi connectivity index (χ4v) is 4.14. The molecule has 0 unspecified atom stereocenters. The Morgan fingerprint density at radius 3 is 2.50 bits per heavy atom. The van der Waals surface area contributed by atoms with E-state index in [9.17, 15) is 18.5 Å². The van der Waals surface area contributed by atoms with Crippen molar-refractivity contribution < 1.29 is 13.3 Å². The first-order valence-corrected chi connectivity index (χ1v) is 9.06. The molecule has 0 spiro atoms. The van der Waals surface area contributed by atoms with Crippen LogP contribution in [-0.2, 0) is 10.0 Å². The maximum atomic E-state index is 12.9. The van der Waals surface area contributed by atoms with Crippen LogP contribution in [0, 0.1) is 10.1 Å². The van der Waals surface area contributed by atoms with Crippen LogP contribution in [0.1, 0.15) is 5.56 Å². The summed E-state index contributed by atoms with van der Waals surface area (Å²) in [6.45, 7) is 0. The van der Waals surface area contributed by atoms with Gasteiger partial charge in [-0.2, -0.15) is 0 Å². The zero-order valence-electron chi connectivity index (χ0n) is 12.2. The third kappa shape index (κ3) is 2.98. The number of hydrogen-bond acceptors (Lipinski definition) is 4. The number of hydrogen-bond donors (Lipinski definition) is 0. The minimum absolute atomic E-state index is 0.148. The van der Waals surface area contributed by atoms with Gasteiger partial charge >= 0.3 is 0 Å². The molecule has 0 fully saturated rings.